The first-order chi connectivity index (χ1) is 15.7. The summed E-state index contributed by atoms with van der Waals surface area (Å²) in [5.41, 5.74) is 2.00. The van der Waals surface area contributed by atoms with Gasteiger partial charge in [0.15, 0.2) is 0 Å². The zero-order valence-electron chi connectivity index (χ0n) is 19.2. The molecule has 0 aliphatic rings. The molecule has 0 radical (unpaired) electrons. The van der Waals surface area contributed by atoms with E-state index in [4.69, 9.17) is 4.98 Å². The molecule has 0 fully saturated rings. The van der Waals surface area contributed by atoms with Crippen LogP contribution in [0, 0.1) is 0 Å². The van der Waals surface area contributed by atoms with Crippen molar-refractivity contribution in [2.45, 2.75) is 38.9 Å². The Labute approximate surface area is 198 Å². The summed E-state index contributed by atoms with van der Waals surface area (Å²) in [5, 5.41) is 6.56. The van der Waals surface area contributed by atoms with Gasteiger partial charge in [0, 0.05) is 5.38 Å². The molecule has 1 aromatic heterocycles. The minimum atomic E-state index is -2.62. The molecule has 2 nitrogen and oxygen atoms in total. The summed E-state index contributed by atoms with van der Waals surface area (Å²) >= 11 is 1.71. The zero-order chi connectivity index (χ0) is 22.4. The summed E-state index contributed by atoms with van der Waals surface area (Å²) in [6.07, 6.45) is 0. The van der Waals surface area contributed by atoms with E-state index >= 15 is 0 Å². The lowest BCUT2D eigenvalue weighted by Crippen LogP contribution is -2.83. The lowest BCUT2D eigenvalue weighted by Gasteiger charge is -2.53. The summed E-state index contributed by atoms with van der Waals surface area (Å²) in [4.78, 5) is 4.98. The van der Waals surface area contributed by atoms with Gasteiger partial charge in [0.05, 0.1) is 5.51 Å². The monoisotopic (exact) mass is 472 g/mol. The van der Waals surface area contributed by atoms with Crippen LogP contribution in [0.2, 0.25) is 18.1 Å². The Bertz CT molecular complexity index is 978. The second kappa shape index (κ2) is 9.98. The van der Waals surface area contributed by atoms with E-state index in [2.05, 4.69) is 121 Å². The summed E-state index contributed by atoms with van der Waals surface area (Å²) < 4.78 is 2.91. The number of thiazole rings is 1. The molecule has 0 unspecified atom stereocenters. The third-order valence-electron chi connectivity index (χ3n) is 7.01. The molecular formula is C27H32N2SSi2. The third kappa shape index (κ3) is 3.79. The summed E-state index contributed by atoms with van der Waals surface area (Å²) in [7, 11) is -4.51. The Morgan fingerprint density at radius 2 is 1.06 bits per heavy atom. The fraction of sp³-hybridized carbons (Fsp3) is 0.222. The average Bonchev–Trinajstić information content (AvgIpc) is 3.41. The molecule has 0 bridgehead atoms. The predicted octanol–water partition coefficient (Wildman–Crippen LogP) is 5.62. The molecule has 0 spiro atoms. The molecule has 32 heavy (non-hydrogen) atoms. The van der Waals surface area contributed by atoms with E-state index in [-0.39, 0.29) is 0 Å². The van der Waals surface area contributed by atoms with Crippen molar-refractivity contribution < 1.29 is 0 Å². The fourth-order valence-corrected chi connectivity index (χ4v) is 18.7. The second-order valence-electron chi connectivity index (χ2n) is 8.28. The molecule has 4 aromatic rings. The number of hydrogen-bond donors (Lipinski definition) is 0. The third-order valence-corrected chi connectivity index (χ3v) is 19.5. The van der Waals surface area contributed by atoms with E-state index in [9.17, 15) is 0 Å². The second-order valence-corrected chi connectivity index (χ2v) is 18.1. The molecule has 0 atom stereocenters. The Hall–Kier alpha value is -2.48. The largest absolute Gasteiger partial charge is 0.398 e. The van der Waals surface area contributed by atoms with Crippen LogP contribution in [0.1, 0.15) is 20.8 Å². The molecule has 0 saturated carbocycles. The fourth-order valence-electron chi connectivity index (χ4n) is 5.24. The first-order valence-corrected chi connectivity index (χ1v) is 17.0. The lowest BCUT2D eigenvalue weighted by atomic mass is 10.3. The van der Waals surface area contributed by atoms with Gasteiger partial charge in [-0.1, -0.05) is 112 Å². The van der Waals surface area contributed by atoms with Gasteiger partial charge in [0.25, 0.3) is 0 Å². The van der Waals surface area contributed by atoms with Crippen LogP contribution in [-0.2, 0) is 0 Å². The van der Waals surface area contributed by atoms with Crippen molar-refractivity contribution in [1.82, 2.24) is 4.98 Å². The highest BCUT2D eigenvalue weighted by atomic mass is 32.1. The molecule has 0 aliphatic heterocycles. The van der Waals surface area contributed by atoms with E-state index < -0.39 is 16.5 Å². The average molecular weight is 473 g/mol. The molecule has 0 aliphatic carbocycles. The maximum Gasteiger partial charge on any atom is 0.246 e. The van der Waals surface area contributed by atoms with E-state index in [0.717, 1.165) is 5.82 Å². The van der Waals surface area contributed by atoms with Crippen LogP contribution < -0.4 is 19.8 Å². The maximum absolute atomic E-state index is 4.98. The van der Waals surface area contributed by atoms with Crippen LogP contribution >= 0.6 is 11.3 Å². The van der Waals surface area contributed by atoms with Gasteiger partial charge < -0.3 is 4.23 Å². The summed E-state index contributed by atoms with van der Waals surface area (Å²) in [6, 6.07) is 37.4. The van der Waals surface area contributed by atoms with Crippen LogP contribution in [-0.4, -0.2) is 21.5 Å². The molecule has 5 heteroatoms. The first-order valence-electron chi connectivity index (χ1n) is 11.6. The Kier molecular flexibility index (Phi) is 7.08. The SMILES string of the molecule is CC[Si](CC)(CC)N(c1cscn1)[Si](c1ccccc1)(c1ccccc1)c1ccccc1. The van der Waals surface area contributed by atoms with Gasteiger partial charge in [0.2, 0.25) is 8.24 Å². The van der Waals surface area contributed by atoms with Crippen molar-refractivity contribution in [2.75, 3.05) is 4.23 Å². The molecule has 164 valence electrons. The summed E-state index contributed by atoms with van der Waals surface area (Å²) in [5.74, 6) is 1.16. The van der Waals surface area contributed by atoms with Gasteiger partial charge in [-0.05, 0) is 33.7 Å². The smallest absolute Gasteiger partial charge is 0.246 e. The Balaban J connectivity index is 2.19. The van der Waals surface area contributed by atoms with Crippen molar-refractivity contribution in [3.05, 3.63) is 102 Å². The van der Waals surface area contributed by atoms with E-state index in [0.29, 0.717) is 0 Å². The highest BCUT2D eigenvalue weighted by molar-refractivity contribution is 7.21. The van der Waals surface area contributed by atoms with Crippen LogP contribution in [0.15, 0.2) is 102 Å². The van der Waals surface area contributed by atoms with Crippen LogP contribution in [0.3, 0.4) is 0 Å². The number of aromatic nitrogens is 1. The highest BCUT2D eigenvalue weighted by Gasteiger charge is 2.53. The van der Waals surface area contributed by atoms with Gasteiger partial charge >= 0.3 is 0 Å². The van der Waals surface area contributed by atoms with Crippen molar-refractivity contribution >= 4 is 49.2 Å². The number of anilines is 1. The van der Waals surface area contributed by atoms with E-state index in [1.165, 1.54) is 33.7 Å². The molecule has 3 aromatic carbocycles. The molecular weight excluding hydrogens is 441 g/mol. The van der Waals surface area contributed by atoms with Crippen molar-refractivity contribution in [1.29, 1.82) is 0 Å². The van der Waals surface area contributed by atoms with Gasteiger partial charge in [-0.15, -0.1) is 11.3 Å². The van der Waals surface area contributed by atoms with Crippen molar-refractivity contribution in [2.24, 2.45) is 0 Å². The van der Waals surface area contributed by atoms with E-state index in [1.54, 1.807) is 11.3 Å². The minimum absolute atomic E-state index is 1.16. The van der Waals surface area contributed by atoms with Gasteiger partial charge in [-0.25, -0.2) is 4.98 Å². The molecule has 0 saturated heterocycles. The topological polar surface area (TPSA) is 16.1 Å². The number of nitrogens with zero attached hydrogens (tertiary/aromatic N) is 2. The first kappa shape index (κ1) is 22.7. The van der Waals surface area contributed by atoms with E-state index in [1.807, 2.05) is 5.51 Å². The highest BCUT2D eigenvalue weighted by Crippen LogP contribution is 2.35. The number of hydrogen-bond acceptors (Lipinski definition) is 3. The molecule has 4 rings (SSSR count). The van der Waals surface area contributed by atoms with Crippen molar-refractivity contribution in [3.63, 3.8) is 0 Å². The normalized spacial score (nSPS) is 12.0. The van der Waals surface area contributed by atoms with Crippen LogP contribution in [0.4, 0.5) is 5.82 Å². The molecule has 0 N–H and O–H groups in total. The zero-order valence-corrected chi connectivity index (χ0v) is 22.1. The maximum atomic E-state index is 4.98. The molecule has 0 amide bonds. The summed E-state index contributed by atoms with van der Waals surface area (Å²) in [6.45, 7) is 7.20. The van der Waals surface area contributed by atoms with Crippen LogP contribution in [0.25, 0.3) is 0 Å². The Morgan fingerprint density at radius 3 is 1.38 bits per heavy atom. The number of rotatable bonds is 9. The molecule has 1 heterocycles. The predicted molar refractivity (Wildman–Crippen MR) is 146 cm³/mol. The van der Waals surface area contributed by atoms with Gasteiger partial charge in [0.1, 0.15) is 14.1 Å². The van der Waals surface area contributed by atoms with Gasteiger partial charge in [-0.3, -0.25) is 0 Å². The lowest BCUT2D eigenvalue weighted by molar-refractivity contribution is 1.11. The quantitative estimate of drug-likeness (QED) is 0.232. The standard InChI is InChI=1S/C27H32N2SSi2/c1-4-31(5-2,6-3)29(27-22-30-23-28-27)32(24-16-10-7-11-17-24,25-18-12-8-13-19-25)26-20-14-9-15-21-26/h7-23H,4-6H2,1-3H3. The number of benzene rings is 3. The Morgan fingerprint density at radius 1 is 0.656 bits per heavy atom. The minimum Gasteiger partial charge on any atom is -0.398 e. The van der Waals surface area contributed by atoms with Crippen LogP contribution in [0.5, 0.6) is 0 Å². The van der Waals surface area contributed by atoms with Gasteiger partial charge in [-0.2, -0.15) is 0 Å². The van der Waals surface area contributed by atoms with Crippen molar-refractivity contribution in [3.8, 4) is 0 Å².